The van der Waals surface area contributed by atoms with Gasteiger partial charge in [-0.25, -0.2) is 0 Å². The molecule has 3 aromatic rings. The van der Waals surface area contributed by atoms with Crippen LogP contribution in [0.3, 0.4) is 0 Å². The van der Waals surface area contributed by atoms with Crippen molar-refractivity contribution in [2.24, 2.45) is 0 Å². The monoisotopic (exact) mass is 312 g/mol. The molecule has 0 fully saturated rings. The second kappa shape index (κ2) is 5.34. The molecule has 0 heteroatoms. The molecule has 120 valence electrons. The topological polar surface area (TPSA) is 0 Å². The van der Waals surface area contributed by atoms with E-state index in [1.54, 1.807) is 0 Å². The number of hydrogen-bond acceptors (Lipinski definition) is 0. The zero-order valence-corrected chi connectivity index (χ0v) is 14.9. The van der Waals surface area contributed by atoms with Crippen LogP contribution in [0.5, 0.6) is 0 Å². The molecular formula is C24H24. The van der Waals surface area contributed by atoms with E-state index in [2.05, 4.69) is 94.4 Å². The normalized spacial score (nSPS) is 14.5. The van der Waals surface area contributed by atoms with Gasteiger partial charge in [-0.2, -0.15) is 0 Å². The predicted octanol–water partition coefficient (Wildman–Crippen LogP) is 6.78. The first kappa shape index (κ1) is 15.2. The maximum absolute atomic E-state index is 2.38. The minimum atomic E-state index is 0.0702. The molecule has 0 N–H and O–H groups in total. The number of rotatable bonds is 2. The highest BCUT2D eigenvalue weighted by atomic mass is 14.4. The molecule has 0 aromatic heterocycles. The molecule has 0 heterocycles. The Bertz CT molecular complexity index is 899. The lowest BCUT2D eigenvalue weighted by Crippen LogP contribution is -2.17. The van der Waals surface area contributed by atoms with Gasteiger partial charge < -0.3 is 0 Å². The smallest absolute Gasteiger partial charge is 0.0161 e. The van der Waals surface area contributed by atoms with Gasteiger partial charge in [-0.15, -0.1) is 0 Å². The van der Waals surface area contributed by atoms with Crippen LogP contribution >= 0.6 is 0 Å². The Balaban J connectivity index is 1.97. The van der Waals surface area contributed by atoms with Crippen LogP contribution in [0.4, 0.5) is 0 Å². The molecule has 0 radical (unpaired) electrons. The van der Waals surface area contributed by atoms with Crippen molar-refractivity contribution in [2.45, 2.75) is 39.0 Å². The molecule has 0 bridgehead atoms. The summed E-state index contributed by atoms with van der Waals surface area (Å²) < 4.78 is 0. The largest absolute Gasteiger partial charge is 0.0622 e. The summed E-state index contributed by atoms with van der Waals surface area (Å²) in [6.07, 6.45) is 0. The van der Waals surface area contributed by atoms with Gasteiger partial charge in [0.15, 0.2) is 0 Å². The molecule has 4 rings (SSSR count). The Morgan fingerprint density at radius 1 is 0.708 bits per heavy atom. The van der Waals surface area contributed by atoms with Crippen molar-refractivity contribution in [1.82, 2.24) is 0 Å². The molecule has 0 unspecified atom stereocenters. The van der Waals surface area contributed by atoms with E-state index in [-0.39, 0.29) is 5.41 Å². The highest BCUT2D eigenvalue weighted by molar-refractivity contribution is 5.85. The number of benzene rings is 3. The summed E-state index contributed by atoms with van der Waals surface area (Å²) in [7, 11) is 0. The average Bonchev–Trinajstić information content (AvgIpc) is 2.83. The minimum Gasteiger partial charge on any atom is -0.0622 e. The standard InChI is InChI=1S/C24H24/c1-16(2)19-11-8-12-20-21-15-18(17-9-6-5-7-10-17)13-14-22(21)24(3,4)23(19)20/h5-16H,1-4H3. The van der Waals surface area contributed by atoms with Crippen molar-refractivity contribution in [1.29, 1.82) is 0 Å². The van der Waals surface area contributed by atoms with Crippen LogP contribution in [-0.4, -0.2) is 0 Å². The molecular weight excluding hydrogens is 288 g/mol. The predicted molar refractivity (Wildman–Crippen MR) is 104 cm³/mol. The molecule has 1 aliphatic carbocycles. The first-order valence-electron chi connectivity index (χ1n) is 8.84. The lowest BCUT2D eigenvalue weighted by Gasteiger charge is -2.25. The van der Waals surface area contributed by atoms with Crippen LogP contribution < -0.4 is 0 Å². The Morgan fingerprint density at radius 2 is 1.46 bits per heavy atom. The average molecular weight is 312 g/mol. The van der Waals surface area contributed by atoms with Gasteiger partial charge in [-0.05, 0) is 50.9 Å². The lowest BCUT2D eigenvalue weighted by molar-refractivity contribution is 0.642. The SMILES string of the molecule is CC(C)c1cccc2c1C(C)(C)c1ccc(-c3ccccc3)cc1-2. The van der Waals surface area contributed by atoms with Crippen LogP contribution in [0.1, 0.15) is 50.3 Å². The van der Waals surface area contributed by atoms with Gasteiger partial charge in [0.1, 0.15) is 0 Å². The van der Waals surface area contributed by atoms with Gasteiger partial charge in [-0.3, -0.25) is 0 Å². The van der Waals surface area contributed by atoms with E-state index in [1.165, 1.54) is 38.9 Å². The van der Waals surface area contributed by atoms with E-state index in [1.807, 2.05) is 0 Å². The van der Waals surface area contributed by atoms with Crippen LogP contribution in [0.2, 0.25) is 0 Å². The van der Waals surface area contributed by atoms with Crippen LogP contribution in [-0.2, 0) is 5.41 Å². The minimum absolute atomic E-state index is 0.0702. The summed E-state index contributed by atoms with van der Waals surface area (Å²) in [5, 5.41) is 0. The molecule has 1 aliphatic rings. The first-order valence-corrected chi connectivity index (χ1v) is 8.84. The molecule has 0 saturated heterocycles. The van der Waals surface area contributed by atoms with Crippen molar-refractivity contribution in [3.8, 4) is 22.3 Å². The Labute approximate surface area is 145 Å². The fraction of sp³-hybridized carbons (Fsp3) is 0.250. The number of hydrogen-bond donors (Lipinski definition) is 0. The van der Waals surface area contributed by atoms with Gasteiger partial charge in [0.25, 0.3) is 0 Å². The van der Waals surface area contributed by atoms with Crippen LogP contribution in [0, 0.1) is 0 Å². The highest BCUT2D eigenvalue weighted by Gasteiger charge is 2.37. The quantitative estimate of drug-likeness (QED) is 0.489. The summed E-state index contributed by atoms with van der Waals surface area (Å²) >= 11 is 0. The third kappa shape index (κ3) is 2.13. The lowest BCUT2D eigenvalue weighted by atomic mass is 9.78. The van der Waals surface area contributed by atoms with Crippen molar-refractivity contribution in [3.63, 3.8) is 0 Å². The maximum atomic E-state index is 2.38. The molecule has 0 saturated carbocycles. The first-order chi connectivity index (χ1) is 11.5. The zero-order valence-electron chi connectivity index (χ0n) is 14.9. The highest BCUT2D eigenvalue weighted by Crippen LogP contribution is 2.51. The van der Waals surface area contributed by atoms with Gasteiger partial charge in [-0.1, -0.05) is 88.4 Å². The number of fused-ring (bicyclic) bond motifs is 3. The Kier molecular flexibility index (Phi) is 3.38. The third-order valence-corrected chi connectivity index (χ3v) is 5.43. The second-order valence-corrected chi connectivity index (χ2v) is 7.68. The van der Waals surface area contributed by atoms with Gasteiger partial charge in [0.05, 0.1) is 0 Å². The fourth-order valence-electron chi connectivity index (χ4n) is 4.23. The second-order valence-electron chi connectivity index (χ2n) is 7.68. The van der Waals surface area contributed by atoms with Crippen LogP contribution in [0.15, 0.2) is 66.7 Å². The van der Waals surface area contributed by atoms with E-state index in [4.69, 9.17) is 0 Å². The summed E-state index contributed by atoms with van der Waals surface area (Å²) in [5.41, 5.74) is 9.92. The van der Waals surface area contributed by atoms with E-state index in [0.717, 1.165) is 0 Å². The van der Waals surface area contributed by atoms with Crippen LogP contribution in [0.25, 0.3) is 22.3 Å². The summed E-state index contributed by atoms with van der Waals surface area (Å²) in [6, 6.07) is 24.5. The van der Waals surface area contributed by atoms with E-state index >= 15 is 0 Å². The van der Waals surface area contributed by atoms with Gasteiger partial charge in [0.2, 0.25) is 0 Å². The molecule has 0 aliphatic heterocycles. The summed E-state index contributed by atoms with van der Waals surface area (Å²) in [6.45, 7) is 9.33. The molecule has 3 aromatic carbocycles. The van der Waals surface area contributed by atoms with Crippen molar-refractivity contribution < 1.29 is 0 Å². The van der Waals surface area contributed by atoms with Crippen molar-refractivity contribution in [3.05, 3.63) is 83.4 Å². The third-order valence-electron chi connectivity index (χ3n) is 5.43. The fourth-order valence-corrected chi connectivity index (χ4v) is 4.23. The molecule has 24 heavy (non-hydrogen) atoms. The molecule has 0 nitrogen and oxygen atoms in total. The summed E-state index contributed by atoms with van der Waals surface area (Å²) in [5.74, 6) is 0.544. The van der Waals surface area contributed by atoms with Crippen molar-refractivity contribution >= 4 is 0 Å². The zero-order chi connectivity index (χ0) is 16.9. The molecule has 0 spiro atoms. The van der Waals surface area contributed by atoms with Gasteiger partial charge in [0, 0.05) is 5.41 Å². The molecule has 0 amide bonds. The van der Waals surface area contributed by atoms with Gasteiger partial charge >= 0.3 is 0 Å². The maximum Gasteiger partial charge on any atom is 0.0161 e. The van der Waals surface area contributed by atoms with E-state index in [0.29, 0.717) is 5.92 Å². The Hall–Kier alpha value is -2.34. The van der Waals surface area contributed by atoms with E-state index < -0.39 is 0 Å². The van der Waals surface area contributed by atoms with E-state index in [9.17, 15) is 0 Å². The van der Waals surface area contributed by atoms with Crippen molar-refractivity contribution in [2.75, 3.05) is 0 Å². The molecule has 0 atom stereocenters. The Morgan fingerprint density at radius 3 is 2.17 bits per heavy atom. The summed E-state index contributed by atoms with van der Waals surface area (Å²) in [4.78, 5) is 0.